The van der Waals surface area contributed by atoms with E-state index < -0.39 is 17.8 Å². The Kier molecular flexibility index (Phi) is 2.86. The van der Waals surface area contributed by atoms with Gasteiger partial charge in [-0.05, 0) is 18.2 Å². The first-order chi connectivity index (χ1) is 9.97. The van der Waals surface area contributed by atoms with Gasteiger partial charge in [0.15, 0.2) is 5.82 Å². The van der Waals surface area contributed by atoms with Crippen LogP contribution in [0.5, 0.6) is 0 Å². The summed E-state index contributed by atoms with van der Waals surface area (Å²) in [6, 6.07) is 3.65. The van der Waals surface area contributed by atoms with Gasteiger partial charge in [0.1, 0.15) is 17.3 Å². The quantitative estimate of drug-likeness (QED) is 0.681. The third-order valence-corrected chi connectivity index (χ3v) is 3.37. The number of amides is 1. The van der Waals surface area contributed by atoms with Crippen molar-refractivity contribution in [2.24, 2.45) is 16.5 Å². The molecule has 1 atom stereocenters. The van der Waals surface area contributed by atoms with Gasteiger partial charge in [0, 0.05) is 11.3 Å². The summed E-state index contributed by atoms with van der Waals surface area (Å²) in [7, 11) is 0. The van der Waals surface area contributed by atoms with Crippen molar-refractivity contribution in [3.05, 3.63) is 47.3 Å². The molecular weight excluding hydrogens is 275 g/mol. The summed E-state index contributed by atoms with van der Waals surface area (Å²) >= 11 is 0. The van der Waals surface area contributed by atoms with Crippen molar-refractivity contribution >= 4 is 17.4 Å². The number of anilines is 1. The minimum absolute atomic E-state index is 0.0668. The van der Waals surface area contributed by atoms with E-state index in [2.05, 4.69) is 9.98 Å². The third-order valence-electron chi connectivity index (χ3n) is 3.37. The topological polar surface area (TPSA) is 125 Å². The number of primary amides is 1. The number of fused-ring (bicyclic) bond motifs is 1. The molecule has 108 valence electrons. The second-order valence-electron chi connectivity index (χ2n) is 4.75. The van der Waals surface area contributed by atoms with Gasteiger partial charge < -0.3 is 21.8 Å². The van der Waals surface area contributed by atoms with Gasteiger partial charge in [0.2, 0.25) is 0 Å². The molecule has 0 spiro atoms. The van der Waals surface area contributed by atoms with Crippen LogP contribution in [0.2, 0.25) is 0 Å². The maximum absolute atomic E-state index is 14.0. The average Bonchev–Trinajstić information content (AvgIpc) is 2.86. The third kappa shape index (κ3) is 2.10. The number of aliphatic imine (C=N–C) groups is 1. The van der Waals surface area contributed by atoms with Crippen molar-refractivity contribution < 1.29 is 9.18 Å². The Labute approximate surface area is 119 Å². The molecule has 0 bridgehead atoms. The summed E-state index contributed by atoms with van der Waals surface area (Å²) in [5, 5.41) is 0. The zero-order valence-corrected chi connectivity index (χ0v) is 11.0. The molecule has 1 unspecified atom stereocenters. The molecule has 1 aliphatic rings. The molecular formula is C13H13FN6O. The van der Waals surface area contributed by atoms with Crippen LogP contribution in [0.25, 0.3) is 0 Å². The number of aromatic nitrogens is 2. The Bertz CT molecular complexity index is 766. The van der Waals surface area contributed by atoms with Gasteiger partial charge in [-0.25, -0.2) is 9.37 Å². The largest absolute Gasteiger partial charge is 0.399 e. The summed E-state index contributed by atoms with van der Waals surface area (Å²) in [4.78, 5) is 19.5. The van der Waals surface area contributed by atoms with Crippen molar-refractivity contribution in [3.63, 3.8) is 0 Å². The molecule has 2 aromatic rings. The van der Waals surface area contributed by atoms with Gasteiger partial charge in [0.25, 0.3) is 5.91 Å². The fraction of sp³-hybridized carbons (Fsp3) is 0.154. The highest BCUT2D eigenvalue weighted by atomic mass is 19.1. The van der Waals surface area contributed by atoms with Crippen LogP contribution in [0.3, 0.4) is 0 Å². The van der Waals surface area contributed by atoms with Crippen LogP contribution in [0.4, 0.5) is 10.1 Å². The smallest absolute Gasteiger partial charge is 0.284 e. The van der Waals surface area contributed by atoms with Crippen LogP contribution in [0.1, 0.15) is 27.9 Å². The molecule has 0 aliphatic carbocycles. The number of carbonyl (C=O) groups is 1. The molecule has 8 heteroatoms. The minimum atomic E-state index is -0.678. The Hall–Kier alpha value is -2.90. The normalized spacial score (nSPS) is 17.2. The van der Waals surface area contributed by atoms with Gasteiger partial charge in [-0.2, -0.15) is 0 Å². The van der Waals surface area contributed by atoms with E-state index in [1.807, 2.05) is 0 Å². The summed E-state index contributed by atoms with van der Waals surface area (Å²) in [5.74, 6) is -0.872. The first-order valence-corrected chi connectivity index (χ1v) is 6.21. The van der Waals surface area contributed by atoms with E-state index in [1.165, 1.54) is 29.0 Å². The minimum Gasteiger partial charge on any atom is -0.399 e. The number of nitrogens with zero attached hydrogens (tertiary/aromatic N) is 3. The highest BCUT2D eigenvalue weighted by Gasteiger charge is 2.27. The monoisotopic (exact) mass is 288 g/mol. The maximum atomic E-state index is 14.0. The van der Waals surface area contributed by atoms with E-state index in [4.69, 9.17) is 17.2 Å². The van der Waals surface area contributed by atoms with Crippen LogP contribution in [-0.4, -0.2) is 21.3 Å². The molecule has 2 heterocycles. The predicted octanol–water partition coefficient (Wildman–Crippen LogP) is 0.163. The number of rotatable bonds is 2. The summed E-state index contributed by atoms with van der Waals surface area (Å²) in [6.45, 7) is 0.217. The standard InChI is InChI=1S/C13H13FN6O/c14-8-2-1-6(15)3-7(8)9-5-20-10(11(16)19-9)4-18-13(20)12(17)21/h1-4,9H,5,15H2,(H2,16,19)(H2,17,21). The van der Waals surface area contributed by atoms with Gasteiger partial charge in [-0.1, -0.05) is 0 Å². The van der Waals surface area contributed by atoms with Gasteiger partial charge in [0.05, 0.1) is 18.8 Å². The molecule has 6 N–H and O–H groups in total. The van der Waals surface area contributed by atoms with Crippen LogP contribution in [0.15, 0.2) is 29.4 Å². The molecule has 1 aromatic heterocycles. The molecule has 0 fully saturated rings. The number of hydrogen-bond donors (Lipinski definition) is 3. The molecule has 0 radical (unpaired) electrons. The number of amidine groups is 1. The van der Waals surface area contributed by atoms with E-state index in [0.29, 0.717) is 16.9 Å². The van der Waals surface area contributed by atoms with Crippen molar-refractivity contribution in [1.82, 2.24) is 9.55 Å². The number of halogens is 1. The second-order valence-corrected chi connectivity index (χ2v) is 4.75. The van der Waals surface area contributed by atoms with Crippen LogP contribution in [0, 0.1) is 5.82 Å². The number of carbonyl (C=O) groups excluding carboxylic acids is 1. The van der Waals surface area contributed by atoms with E-state index in [-0.39, 0.29) is 18.2 Å². The van der Waals surface area contributed by atoms with Crippen LogP contribution >= 0.6 is 0 Å². The molecule has 1 aromatic carbocycles. The van der Waals surface area contributed by atoms with E-state index in [0.717, 1.165) is 0 Å². The molecule has 0 saturated carbocycles. The highest BCUT2D eigenvalue weighted by Crippen LogP contribution is 2.28. The molecule has 1 aliphatic heterocycles. The summed E-state index contributed by atoms with van der Waals surface area (Å²) < 4.78 is 15.5. The van der Waals surface area contributed by atoms with Crippen molar-refractivity contribution in [2.75, 3.05) is 5.73 Å². The number of nitrogens with two attached hydrogens (primary N) is 3. The number of nitrogen functional groups attached to an aromatic ring is 1. The lowest BCUT2D eigenvalue weighted by Gasteiger charge is -2.23. The molecule has 21 heavy (non-hydrogen) atoms. The molecule has 0 saturated heterocycles. The van der Waals surface area contributed by atoms with Crippen molar-refractivity contribution in [2.45, 2.75) is 12.6 Å². The first kappa shape index (κ1) is 13.1. The van der Waals surface area contributed by atoms with E-state index >= 15 is 0 Å². The SMILES string of the molecule is NC(=O)c1ncc2n1CC(c1cc(N)ccc1F)N=C2N. The lowest BCUT2D eigenvalue weighted by atomic mass is 10.0. The van der Waals surface area contributed by atoms with Gasteiger partial charge in [-0.15, -0.1) is 0 Å². The van der Waals surface area contributed by atoms with Crippen LogP contribution in [-0.2, 0) is 6.54 Å². The average molecular weight is 288 g/mol. The lowest BCUT2D eigenvalue weighted by Crippen LogP contribution is -2.30. The Morgan fingerprint density at radius 3 is 2.86 bits per heavy atom. The molecule has 1 amide bonds. The second kappa shape index (κ2) is 4.58. The lowest BCUT2D eigenvalue weighted by molar-refractivity contribution is 0.0985. The van der Waals surface area contributed by atoms with E-state index in [1.54, 1.807) is 0 Å². The fourth-order valence-corrected chi connectivity index (χ4v) is 2.39. The highest BCUT2D eigenvalue weighted by molar-refractivity contribution is 5.98. The predicted molar refractivity (Wildman–Crippen MR) is 75.0 cm³/mol. The van der Waals surface area contributed by atoms with Crippen molar-refractivity contribution in [3.8, 4) is 0 Å². The van der Waals surface area contributed by atoms with Crippen LogP contribution < -0.4 is 17.2 Å². The Balaban J connectivity index is 2.08. The summed E-state index contributed by atoms with van der Waals surface area (Å²) in [6.07, 6.45) is 1.42. The first-order valence-electron chi connectivity index (χ1n) is 6.21. The number of benzene rings is 1. The number of hydrogen-bond acceptors (Lipinski definition) is 5. The Morgan fingerprint density at radius 2 is 2.14 bits per heavy atom. The number of imidazole rings is 1. The van der Waals surface area contributed by atoms with E-state index in [9.17, 15) is 9.18 Å². The zero-order valence-electron chi connectivity index (χ0n) is 11.0. The zero-order chi connectivity index (χ0) is 15.1. The van der Waals surface area contributed by atoms with Crippen molar-refractivity contribution in [1.29, 1.82) is 0 Å². The van der Waals surface area contributed by atoms with Gasteiger partial charge >= 0.3 is 0 Å². The molecule has 3 rings (SSSR count). The Morgan fingerprint density at radius 1 is 1.38 bits per heavy atom. The summed E-state index contributed by atoms with van der Waals surface area (Å²) in [5.41, 5.74) is 18.0. The maximum Gasteiger partial charge on any atom is 0.284 e. The fourth-order valence-electron chi connectivity index (χ4n) is 2.39. The van der Waals surface area contributed by atoms with Gasteiger partial charge in [-0.3, -0.25) is 9.79 Å². The molecule has 7 nitrogen and oxygen atoms in total.